The Bertz CT molecular complexity index is 1650. The molecule has 9 heteroatoms. The Hall–Kier alpha value is -4.32. The summed E-state index contributed by atoms with van der Waals surface area (Å²) in [6.07, 6.45) is 0. The maximum Gasteiger partial charge on any atom is 0.355 e. The highest BCUT2D eigenvalue weighted by atomic mass is 35.5. The van der Waals surface area contributed by atoms with E-state index >= 15 is 0 Å². The van der Waals surface area contributed by atoms with E-state index in [2.05, 4.69) is 6.07 Å². The third-order valence-electron chi connectivity index (χ3n) is 6.04. The molecule has 0 fully saturated rings. The number of allylic oxidation sites excluding steroid dienone is 1. The molecule has 0 saturated carbocycles. The van der Waals surface area contributed by atoms with Crippen molar-refractivity contribution in [1.29, 1.82) is 5.26 Å². The predicted molar refractivity (Wildman–Crippen MR) is 140 cm³/mol. The van der Waals surface area contributed by atoms with Gasteiger partial charge in [-0.05, 0) is 42.3 Å². The van der Waals surface area contributed by atoms with Gasteiger partial charge in [-0.2, -0.15) is 5.26 Å². The number of nitriles is 1. The van der Waals surface area contributed by atoms with Gasteiger partial charge in [0.15, 0.2) is 0 Å². The second-order valence-corrected chi connectivity index (χ2v) is 9.80. The first kappa shape index (κ1) is 24.4. The summed E-state index contributed by atoms with van der Waals surface area (Å²) >= 11 is 7.73. The SMILES string of the molecule is COC(=O)c1ccc(C2C(C#N)=C(N)Oc3cc(OC(=O)c4sc5cc(C)ccc5c4Cl)ccc32)cc1. The molecule has 2 heterocycles. The smallest absolute Gasteiger partial charge is 0.355 e. The molecule has 0 spiro atoms. The molecule has 4 aromatic rings. The molecule has 0 radical (unpaired) electrons. The molecule has 0 aliphatic carbocycles. The maximum atomic E-state index is 13.0. The number of benzene rings is 3. The molecule has 1 aromatic heterocycles. The number of ether oxygens (including phenoxy) is 3. The summed E-state index contributed by atoms with van der Waals surface area (Å²) < 4.78 is 17.0. The van der Waals surface area contributed by atoms with Crippen LogP contribution < -0.4 is 15.2 Å². The number of hydrogen-bond donors (Lipinski definition) is 1. The van der Waals surface area contributed by atoms with Crippen molar-refractivity contribution in [2.45, 2.75) is 12.8 Å². The van der Waals surface area contributed by atoms with E-state index in [1.165, 1.54) is 18.4 Å². The van der Waals surface area contributed by atoms with Crippen LogP contribution in [0, 0.1) is 18.3 Å². The van der Waals surface area contributed by atoms with Crippen molar-refractivity contribution in [1.82, 2.24) is 0 Å². The van der Waals surface area contributed by atoms with Crippen molar-refractivity contribution in [3.63, 3.8) is 0 Å². The Morgan fingerprint density at radius 3 is 2.54 bits per heavy atom. The lowest BCUT2D eigenvalue weighted by atomic mass is 9.83. The van der Waals surface area contributed by atoms with Crippen LogP contribution in [-0.2, 0) is 4.74 Å². The largest absolute Gasteiger partial charge is 0.465 e. The molecule has 37 heavy (non-hydrogen) atoms. The fourth-order valence-electron chi connectivity index (χ4n) is 4.23. The van der Waals surface area contributed by atoms with Gasteiger partial charge >= 0.3 is 11.9 Å². The summed E-state index contributed by atoms with van der Waals surface area (Å²) in [5, 5.41) is 10.9. The summed E-state index contributed by atoms with van der Waals surface area (Å²) in [7, 11) is 1.31. The molecule has 1 atom stereocenters. The summed E-state index contributed by atoms with van der Waals surface area (Å²) in [5.74, 6) is -1.05. The average molecular weight is 531 g/mol. The Morgan fingerprint density at radius 2 is 1.84 bits per heavy atom. The van der Waals surface area contributed by atoms with Crippen LogP contribution in [0.5, 0.6) is 11.5 Å². The number of esters is 2. The average Bonchev–Trinajstić information content (AvgIpc) is 3.22. The third-order valence-corrected chi connectivity index (χ3v) is 7.67. The van der Waals surface area contributed by atoms with E-state index < -0.39 is 17.9 Å². The van der Waals surface area contributed by atoms with Gasteiger partial charge in [0, 0.05) is 21.7 Å². The first-order valence-electron chi connectivity index (χ1n) is 11.1. The maximum absolute atomic E-state index is 13.0. The lowest BCUT2D eigenvalue weighted by Gasteiger charge is -2.26. The molecule has 1 unspecified atom stereocenters. The number of nitrogens with two attached hydrogens (primary N) is 1. The Balaban J connectivity index is 1.47. The second-order valence-electron chi connectivity index (χ2n) is 8.37. The number of nitrogens with zero attached hydrogens (tertiary/aromatic N) is 1. The normalized spacial score (nSPS) is 14.5. The van der Waals surface area contributed by atoms with Gasteiger partial charge < -0.3 is 19.9 Å². The van der Waals surface area contributed by atoms with Crippen LogP contribution in [0.25, 0.3) is 10.1 Å². The van der Waals surface area contributed by atoms with E-state index in [-0.39, 0.29) is 17.2 Å². The van der Waals surface area contributed by atoms with E-state index in [0.29, 0.717) is 26.8 Å². The topological polar surface area (TPSA) is 112 Å². The van der Waals surface area contributed by atoms with Crippen molar-refractivity contribution in [3.05, 3.63) is 104 Å². The zero-order valence-electron chi connectivity index (χ0n) is 19.7. The molecule has 0 bridgehead atoms. The minimum Gasteiger partial charge on any atom is -0.465 e. The fourth-order valence-corrected chi connectivity index (χ4v) is 5.71. The highest BCUT2D eigenvalue weighted by molar-refractivity contribution is 7.21. The number of thiophene rings is 1. The Morgan fingerprint density at radius 1 is 1.08 bits per heavy atom. The van der Waals surface area contributed by atoms with Gasteiger partial charge in [-0.1, -0.05) is 41.9 Å². The summed E-state index contributed by atoms with van der Waals surface area (Å²) in [4.78, 5) is 25.1. The lowest BCUT2D eigenvalue weighted by Crippen LogP contribution is -2.21. The van der Waals surface area contributed by atoms with Crippen molar-refractivity contribution in [3.8, 4) is 17.6 Å². The molecule has 1 aliphatic rings. The van der Waals surface area contributed by atoms with Crippen molar-refractivity contribution in [2.75, 3.05) is 7.11 Å². The number of halogens is 1. The second kappa shape index (κ2) is 9.62. The number of hydrogen-bond acceptors (Lipinski definition) is 8. The minimum absolute atomic E-state index is 0.0524. The molecule has 7 nitrogen and oxygen atoms in total. The van der Waals surface area contributed by atoms with E-state index in [4.69, 9.17) is 31.5 Å². The quantitative estimate of drug-likeness (QED) is 0.251. The molecule has 2 N–H and O–H groups in total. The first-order chi connectivity index (χ1) is 17.8. The monoisotopic (exact) mass is 530 g/mol. The van der Waals surface area contributed by atoms with E-state index in [0.717, 1.165) is 21.2 Å². The molecule has 5 rings (SSSR count). The number of methoxy groups -OCH3 is 1. The van der Waals surface area contributed by atoms with E-state index in [1.54, 1.807) is 42.5 Å². The van der Waals surface area contributed by atoms with Crippen LogP contribution in [0.1, 0.15) is 42.6 Å². The number of carbonyl (C=O) groups excluding carboxylic acids is 2. The number of carbonyl (C=O) groups is 2. The molecule has 0 amide bonds. The number of rotatable bonds is 4. The molecular formula is C28H19ClN2O5S. The van der Waals surface area contributed by atoms with Crippen LogP contribution in [0.4, 0.5) is 0 Å². The van der Waals surface area contributed by atoms with E-state index in [1.807, 2.05) is 25.1 Å². The summed E-state index contributed by atoms with van der Waals surface area (Å²) in [5.41, 5.74) is 9.15. The van der Waals surface area contributed by atoms with Gasteiger partial charge in [-0.3, -0.25) is 0 Å². The molecule has 0 saturated heterocycles. The van der Waals surface area contributed by atoms with Gasteiger partial charge in [-0.25, -0.2) is 9.59 Å². The third kappa shape index (κ3) is 4.40. The van der Waals surface area contributed by atoms with Crippen molar-refractivity contribution >= 4 is 45.0 Å². The highest BCUT2D eigenvalue weighted by Gasteiger charge is 2.31. The molecule has 3 aromatic carbocycles. The Labute approximate surface area is 221 Å². The fraction of sp³-hybridized carbons (Fsp3) is 0.107. The number of fused-ring (bicyclic) bond motifs is 2. The van der Waals surface area contributed by atoms with Crippen LogP contribution in [-0.4, -0.2) is 19.0 Å². The van der Waals surface area contributed by atoms with Gasteiger partial charge in [0.1, 0.15) is 28.0 Å². The summed E-state index contributed by atoms with van der Waals surface area (Å²) in [6, 6.07) is 19.5. The zero-order valence-corrected chi connectivity index (χ0v) is 21.3. The van der Waals surface area contributed by atoms with Gasteiger partial charge in [0.25, 0.3) is 0 Å². The minimum atomic E-state index is -0.587. The number of aryl methyl sites for hydroxylation is 1. The lowest BCUT2D eigenvalue weighted by molar-refractivity contribution is 0.0600. The predicted octanol–water partition coefficient (Wildman–Crippen LogP) is 6.09. The van der Waals surface area contributed by atoms with Gasteiger partial charge in [0.05, 0.1) is 23.6 Å². The van der Waals surface area contributed by atoms with E-state index in [9.17, 15) is 14.9 Å². The van der Waals surface area contributed by atoms with Crippen molar-refractivity contribution < 1.29 is 23.8 Å². The van der Waals surface area contributed by atoms with Crippen LogP contribution >= 0.6 is 22.9 Å². The van der Waals surface area contributed by atoms with Crippen molar-refractivity contribution in [2.24, 2.45) is 5.73 Å². The Kier molecular flexibility index (Phi) is 6.34. The molecule has 1 aliphatic heterocycles. The van der Waals surface area contributed by atoms with Crippen LogP contribution in [0.15, 0.2) is 72.1 Å². The van der Waals surface area contributed by atoms with Gasteiger partial charge in [-0.15, -0.1) is 11.3 Å². The zero-order chi connectivity index (χ0) is 26.3. The summed E-state index contributed by atoms with van der Waals surface area (Å²) in [6.45, 7) is 1.97. The first-order valence-corrected chi connectivity index (χ1v) is 12.3. The van der Waals surface area contributed by atoms with Gasteiger partial charge in [0.2, 0.25) is 5.88 Å². The highest BCUT2D eigenvalue weighted by Crippen LogP contribution is 2.44. The standard InChI is InChI=1S/C28H19ClN2O5S/c1-14-3-9-19-22(11-14)37-25(24(19)29)28(33)35-17-8-10-18-21(12-17)36-26(31)20(13-30)23(18)15-4-6-16(7-5-15)27(32)34-2/h3-12,23H,31H2,1-2H3. The van der Waals surface area contributed by atoms with Crippen LogP contribution in [0.2, 0.25) is 5.02 Å². The molecule has 184 valence electrons. The van der Waals surface area contributed by atoms with Crippen LogP contribution in [0.3, 0.4) is 0 Å². The molecular weight excluding hydrogens is 512 g/mol.